The Balaban J connectivity index is 2.06. The Bertz CT molecular complexity index is 1070. The summed E-state index contributed by atoms with van der Waals surface area (Å²) in [6.07, 6.45) is 4.20. The minimum Gasteiger partial charge on any atom is -0.463 e. The van der Waals surface area contributed by atoms with Crippen molar-refractivity contribution in [2.45, 2.75) is 6.92 Å². The Kier molecular flexibility index (Phi) is 7.11. The number of carbonyl (C=O) groups is 2. The van der Waals surface area contributed by atoms with Crippen LogP contribution in [-0.2, 0) is 14.3 Å². The molecule has 0 aliphatic rings. The lowest BCUT2D eigenvalue weighted by atomic mass is 10.1. The molecule has 0 N–H and O–H groups in total. The summed E-state index contributed by atoms with van der Waals surface area (Å²) in [7, 11) is 1.46. The second kappa shape index (κ2) is 9.96. The van der Waals surface area contributed by atoms with Crippen molar-refractivity contribution in [2.24, 2.45) is 0 Å². The second-order valence-electron chi connectivity index (χ2n) is 6.00. The van der Waals surface area contributed by atoms with E-state index in [-0.39, 0.29) is 30.5 Å². The zero-order chi connectivity index (χ0) is 21.5. The van der Waals surface area contributed by atoms with E-state index in [1.165, 1.54) is 25.5 Å². The van der Waals surface area contributed by atoms with E-state index in [2.05, 4.69) is 0 Å². The van der Waals surface area contributed by atoms with E-state index in [1.54, 1.807) is 43.3 Å². The fourth-order valence-electron chi connectivity index (χ4n) is 2.65. The van der Waals surface area contributed by atoms with Gasteiger partial charge in [-0.1, -0.05) is 11.6 Å². The number of furan rings is 1. The highest BCUT2D eigenvalue weighted by Gasteiger charge is 2.21. The van der Waals surface area contributed by atoms with Crippen LogP contribution in [0.15, 0.2) is 53.2 Å². The second-order valence-corrected chi connectivity index (χ2v) is 6.43. The van der Waals surface area contributed by atoms with Crippen molar-refractivity contribution in [2.75, 3.05) is 20.5 Å². The molecular formula is C22H19ClO7. The number of fused-ring (bicyclic) bond motifs is 1. The average molecular weight is 431 g/mol. The summed E-state index contributed by atoms with van der Waals surface area (Å²) < 4.78 is 26.7. The number of hydrogen-bond donors (Lipinski definition) is 0. The summed E-state index contributed by atoms with van der Waals surface area (Å²) in [6, 6.07) is 9.68. The molecule has 7 nitrogen and oxygen atoms in total. The molecule has 3 rings (SSSR count). The van der Waals surface area contributed by atoms with Gasteiger partial charge in [0.25, 0.3) is 0 Å². The average Bonchev–Trinajstić information content (AvgIpc) is 3.20. The topological polar surface area (TPSA) is 84.2 Å². The minimum atomic E-state index is -0.634. The number of halogens is 1. The molecule has 0 fully saturated rings. The molecule has 8 heteroatoms. The van der Waals surface area contributed by atoms with Gasteiger partial charge in [-0.15, -0.1) is 0 Å². The largest absolute Gasteiger partial charge is 0.463 e. The normalized spacial score (nSPS) is 11.0. The highest BCUT2D eigenvalue weighted by molar-refractivity contribution is 6.30. The Labute approximate surface area is 177 Å². The fraction of sp³-hybridized carbons (Fsp3) is 0.182. The van der Waals surface area contributed by atoms with Gasteiger partial charge in [0.1, 0.15) is 0 Å². The van der Waals surface area contributed by atoms with Gasteiger partial charge in [-0.05, 0) is 49.4 Å². The van der Waals surface area contributed by atoms with Crippen LogP contribution in [-0.4, -0.2) is 32.4 Å². The summed E-state index contributed by atoms with van der Waals surface area (Å²) in [5.74, 6) is -0.912. The zero-order valence-electron chi connectivity index (χ0n) is 16.3. The van der Waals surface area contributed by atoms with Crippen LogP contribution in [0.1, 0.15) is 22.8 Å². The van der Waals surface area contributed by atoms with Crippen LogP contribution < -0.4 is 9.47 Å². The molecule has 30 heavy (non-hydrogen) atoms. The van der Waals surface area contributed by atoms with E-state index in [4.69, 9.17) is 35.0 Å². The molecule has 0 spiro atoms. The van der Waals surface area contributed by atoms with Crippen LogP contribution >= 0.6 is 11.6 Å². The molecule has 0 aliphatic carbocycles. The van der Waals surface area contributed by atoms with Crippen LogP contribution in [0.5, 0.6) is 11.5 Å². The van der Waals surface area contributed by atoms with Crippen LogP contribution in [0.3, 0.4) is 0 Å². The zero-order valence-corrected chi connectivity index (χ0v) is 17.1. The number of benzene rings is 2. The van der Waals surface area contributed by atoms with Crippen LogP contribution in [0.4, 0.5) is 0 Å². The number of ether oxygens (including phenoxy) is 4. The number of hydrogen-bond acceptors (Lipinski definition) is 7. The van der Waals surface area contributed by atoms with Crippen molar-refractivity contribution in [3.63, 3.8) is 0 Å². The van der Waals surface area contributed by atoms with Gasteiger partial charge in [0.2, 0.25) is 5.75 Å². The van der Waals surface area contributed by atoms with Crippen LogP contribution in [0.25, 0.3) is 17.0 Å². The molecule has 0 radical (unpaired) electrons. The van der Waals surface area contributed by atoms with Gasteiger partial charge in [-0.3, -0.25) is 0 Å². The van der Waals surface area contributed by atoms with E-state index < -0.39 is 11.9 Å². The minimum absolute atomic E-state index is 0.0787. The lowest BCUT2D eigenvalue weighted by Gasteiger charge is -2.14. The molecule has 1 heterocycles. The summed E-state index contributed by atoms with van der Waals surface area (Å²) in [4.78, 5) is 24.5. The number of carbonyl (C=O) groups excluding carboxylic acids is 2. The van der Waals surface area contributed by atoms with Gasteiger partial charge >= 0.3 is 11.9 Å². The molecule has 0 bridgehead atoms. The maximum atomic E-state index is 12.7. The fourth-order valence-corrected chi connectivity index (χ4v) is 2.77. The molecule has 0 aliphatic heterocycles. The number of esters is 2. The first-order valence-corrected chi connectivity index (χ1v) is 9.39. The molecule has 0 amide bonds. The SMILES string of the molecule is CCOC(=O)/C=C/c1cc2ccoc2c(OCOC)c1OC(=O)c1ccc(Cl)cc1. The van der Waals surface area contributed by atoms with E-state index >= 15 is 0 Å². The molecule has 0 unspecified atom stereocenters. The smallest absolute Gasteiger partial charge is 0.343 e. The molecule has 0 saturated carbocycles. The van der Waals surface area contributed by atoms with E-state index in [1.807, 2.05) is 0 Å². The van der Waals surface area contributed by atoms with Crippen LogP contribution in [0, 0.1) is 0 Å². The van der Waals surface area contributed by atoms with Crippen molar-refractivity contribution >= 4 is 40.6 Å². The lowest BCUT2D eigenvalue weighted by Crippen LogP contribution is -2.11. The lowest BCUT2D eigenvalue weighted by molar-refractivity contribution is -0.137. The van der Waals surface area contributed by atoms with E-state index in [9.17, 15) is 9.59 Å². The third-order valence-electron chi connectivity index (χ3n) is 3.96. The summed E-state index contributed by atoms with van der Waals surface area (Å²) in [5.41, 5.74) is 1.08. The van der Waals surface area contributed by atoms with Gasteiger partial charge in [-0.25, -0.2) is 9.59 Å². The highest BCUT2D eigenvalue weighted by atomic mass is 35.5. The Morgan fingerprint density at radius 2 is 1.90 bits per heavy atom. The van der Waals surface area contributed by atoms with Crippen molar-refractivity contribution in [3.8, 4) is 11.5 Å². The van der Waals surface area contributed by atoms with E-state index in [0.717, 1.165) is 0 Å². The van der Waals surface area contributed by atoms with Gasteiger partial charge in [0, 0.05) is 29.2 Å². The van der Waals surface area contributed by atoms with Crippen LogP contribution in [0.2, 0.25) is 5.02 Å². The molecule has 1 aromatic heterocycles. The summed E-state index contributed by atoms with van der Waals surface area (Å²) in [6.45, 7) is 1.84. The first-order valence-electron chi connectivity index (χ1n) is 9.02. The number of methoxy groups -OCH3 is 1. The molecule has 2 aromatic carbocycles. The van der Waals surface area contributed by atoms with Crippen molar-refractivity contribution in [1.82, 2.24) is 0 Å². The monoisotopic (exact) mass is 430 g/mol. The third kappa shape index (κ3) is 5.00. The first kappa shape index (κ1) is 21.4. The van der Waals surface area contributed by atoms with Gasteiger partial charge in [-0.2, -0.15) is 0 Å². The molecule has 3 aromatic rings. The van der Waals surface area contributed by atoms with Crippen molar-refractivity contribution in [1.29, 1.82) is 0 Å². The molecule has 0 atom stereocenters. The quantitative estimate of drug-likeness (QED) is 0.218. The van der Waals surface area contributed by atoms with Crippen molar-refractivity contribution < 1.29 is 33.0 Å². The molecule has 156 valence electrons. The van der Waals surface area contributed by atoms with Gasteiger partial charge in [0.15, 0.2) is 18.1 Å². The number of rotatable bonds is 8. The van der Waals surface area contributed by atoms with E-state index in [0.29, 0.717) is 21.6 Å². The molecular weight excluding hydrogens is 412 g/mol. The summed E-state index contributed by atoms with van der Waals surface area (Å²) in [5, 5.41) is 1.18. The third-order valence-corrected chi connectivity index (χ3v) is 4.21. The first-order chi connectivity index (χ1) is 14.5. The molecule has 0 saturated heterocycles. The predicted octanol–water partition coefficient (Wildman–Crippen LogP) is 4.86. The Morgan fingerprint density at radius 1 is 1.13 bits per heavy atom. The Hall–Kier alpha value is -3.29. The highest BCUT2D eigenvalue weighted by Crippen LogP contribution is 2.41. The predicted molar refractivity (Wildman–Crippen MR) is 111 cm³/mol. The van der Waals surface area contributed by atoms with Crippen molar-refractivity contribution in [3.05, 3.63) is 64.9 Å². The van der Waals surface area contributed by atoms with Gasteiger partial charge in [0.05, 0.1) is 18.4 Å². The van der Waals surface area contributed by atoms with Gasteiger partial charge < -0.3 is 23.4 Å². The maximum absolute atomic E-state index is 12.7. The standard InChI is InChI=1S/C22H19ClO7/c1-3-27-18(24)9-6-15-12-16-10-11-28-19(16)21(29-13-26-2)20(15)30-22(25)14-4-7-17(23)8-5-14/h4-12H,3,13H2,1-2H3/b9-6+. The maximum Gasteiger partial charge on any atom is 0.343 e. The summed E-state index contributed by atoms with van der Waals surface area (Å²) >= 11 is 5.88. The Morgan fingerprint density at radius 3 is 2.60 bits per heavy atom.